The Morgan fingerprint density at radius 3 is 2.19 bits per heavy atom. The smallest absolute Gasteiger partial charge is 0.287 e. The zero-order chi connectivity index (χ0) is 19.6. The quantitative estimate of drug-likeness (QED) is 0.582. The molecule has 0 bridgehead atoms. The van der Waals surface area contributed by atoms with Gasteiger partial charge in [0.1, 0.15) is 6.04 Å². The SMILES string of the molecule is CC(C)C(=O)NCCNC(=O)C(Cc1ccccc1)NC(=O)c1ccco1. The van der Waals surface area contributed by atoms with Crippen LogP contribution in [-0.4, -0.2) is 36.9 Å². The van der Waals surface area contributed by atoms with Crippen molar-refractivity contribution in [1.82, 2.24) is 16.0 Å². The molecule has 3 amide bonds. The predicted octanol–water partition coefficient (Wildman–Crippen LogP) is 1.51. The van der Waals surface area contributed by atoms with Crippen LogP contribution in [0.5, 0.6) is 0 Å². The van der Waals surface area contributed by atoms with Crippen LogP contribution in [0.4, 0.5) is 0 Å². The topological polar surface area (TPSA) is 100 Å². The number of amides is 3. The zero-order valence-electron chi connectivity index (χ0n) is 15.5. The van der Waals surface area contributed by atoms with Crippen LogP contribution >= 0.6 is 0 Å². The molecule has 1 atom stereocenters. The zero-order valence-corrected chi connectivity index (χ0v) is 15.5. The standard InChI is InChI=1S/C20H25N3O4/c1-14(2)18(24)21-10-11-22-19(25)16(13-15-7-4-3-5-8-15)23-20(26)17-9-6-12-27-17/h3-9,12,14,16H,10-11,13H2,1-2H3,(H,21,24)(H,22,25)(H,23,26). The van der Waals surface area contributed by atoms with Crippen LogP contribution in [0.2, 0.25) is 0 Å². The normalized spacial score (nSPS) is 11.7. The molecule has 7 nitrogen and oxygen atoms in total. The van der Waals surface area contributed by atoms with Gasteiger partial charge >= 0.3 is 0 Å². The van der Waals surface area contributed by atoms with E-state index >= 15 is 0 Å². The summed E-state index contributed by atoms with van der Waals surface area (Å²) in [6.45, 7) is 4.20. The number of nitrogens with one attached hydrogen (secondary N) is 3. The second-order valence-electron chi connectivity index (χ2n) is 6.43. The number of benzene rings is 1. The lowest BCUT2D eigenvalue weighted by Crippen LogP contribution is -2.49. The van der Waals surface area contributed by atoms with E-state index in [0.717, 1.165) is 5.56 Å². The van der Waals surface area contributed by atoms with Gasteiger partial charge in [-0.25, -0.2) is 0 Å². The summed E-state index contributed by atoms with van der Waals surface area (Å²) < 4.78 is 5.08. The van der Waals surface area contributed by atoms with Gasteiger partial charge in [0.15, 0.2) is 5.76 Å². The molecule has 0 radical (unpaired) electrons. The fraction of sp³-hybridized carbons (Fsp3) is 0.350. The number of carbonyl (C=O) groups is 3. The fourth-order valence-corrected chi connectivity index (χ4v) is 2.39. The fourth-order valence-electron chi connectivity index (χ4n) is 2.39. The number of hydrogen-bond acceptors (Lipinski definition) is 4. The van der Waals surface area contributed by atoms with E-state index < -0.39 is 11.9 Å². The largest absolute Gasteiger partial charge is 0.459 e. The second kappa shape index (κ2) is 10.2. The summed E-state index contributed by atoms with van der Waals surface area (Å²) in [5.74, 6) is -0.817. The average Bonchev–Trinajstić information content (AvgIpc) is 3.20. The maximum absolute atomic E-state index is 12.6. The van der Waals surface area contributed by atoms with Crippen LogP contribution in [-0.2, 0) is 16.0 Å². The van der Waals surface area contributed by atoms with Gasteiger partial charge < -0.3 is 20.4 Å². The Labute approximate surface area is 158 Å². The molecule has 0 saturated carbocycles. The van der Waals surface area contributed by atoms with Gasteiger partial charge in [-0.05, 0) is 17.7 Å². The number of hydrogen-bond donors (Lipinski definition) is 3. The van der Waals surface area contributed by atoms with Crippen molar-refractivity contribution < 1.29 is 18.8 Å². The first-order chi connectivity index (χ1) is 13.0. The van der Waals surface area contributed by atoms with E-state index in [1.807, 2.05) is 30.3 Å². The van der Waals surface area contributed by atoms with Gasteiger partial charge in [-0.3, -0.25) is 14.4 Å². The average molecular weight is 371 g/mol. The van der Waals surface area contributed by atoms with E-state index in [1.54, 1.807) is 19.9 Å². The summed E-state index contributed by atoms with van der Waals surface area (Å²) in [7, 11) is 0. The van der Waals surface area contributed by atoms with Crippen molar-refractivity contribution in [3.05, 3.63) is 60.1 Å². The number of rotatable bonds is 9. The summed E-state index contributed by atoms with van der Waals surface area (Å²) in [6, 6.07) is 11.8. The molecule has 3 N–H and O–H groups in total. The Morgan fingerprint density at radius 1 is 0.926 bits per heavy atom. The Kier molecular flexibility index (Phi) is 7.61. The molecule has 0 aliphatic carbocycles. The first kappa shape index (κ1) is 20.2. The molecule has 0 fully saturated rings. The predicted molar refractivity (Wildman–Crippen MR) is 101 cm³/mol. The summed E-state index contributed by atoms with van der Waals surface area (Å²) in [6.07, 6.45) is 1.75. The number of carbonyl (C=O) groups excluding carboxylic acids is 3. The molecule has 7 heteroatoms. The molecule has 0 saturated heterocycles. The second-order valence-corrected chi connectivity index (χ2v) is 6.43. The van der Waals surface area contributed by atoms with Gasteiger partial charge in [-0.2, -0.15) is 0 Å². The third kappa shape index (κ3) is 6.62. The van der Waals surface area contributed by atoms with Gasteiger partial charge in [0.2, 0.25) is 11.8 Å². The highest BCUT2D eigenvalue weighted by molar-refractivity contribution is 5.95. The highest BCUT2D eigenvalue weighted by Gasteiger charge is 2.22. The van der Waals surface area contributed by atoms with E-state index in [2.05, 4.69) is 16.0 Å². The van der Waals surface area contributed by atoms with Gasteiger partial charge in [0.25, 0.3) is 5.91 Å². The molecule has 0 spiro atoms. The third-order valence-electron chi connectivity index (χ3n) is 3.90. The lowest BCUT2D eigenvalue weighted by Gasteiger charge is -2.18. The van der Waals surface area contributed by atoms with Gasteiger partial charge in [0.05, 0.1) is 6.26 Å². The monoisotopic (exact) mass is 371 g/mol. The van der Waals surface area contributed by atoms with Crippen LogP contribution < -0.4 is 16.0 Å². The molecule has 0 aliphatic heterocycles. The molecule has 0 aliphatic rings. The van der Waals surface area contributed by atoms with E-state index in [1.165, 1.54) is 12.3 Å². The summed E-state index contributed by atoms with van der Waals surface area (Å²) in [5.41, 5.74) is 0.922. The Hall–Kier alpha value is -3.09. The maximum Gasteiger partial charge on any atom is 0.287 e. The van der Waals surface area contributed by atoms with Gasteiger partial charge in [-0.1, -0.05) is 44.2 Å². The molecule has 1 aromatic carbocycles. The van der Waals surface area contributed by atoms with Crippen LogP contribution in [0.25, 0.3) is 0 Å². The molecule has 144 valence electrons. The lowest BCUT2D eigenvalue weighted by molar-refractivity contribution is -0.125. The maximum atomic E-state index is 12.6. The third-order valence-corrected chi connectivity index (χ3v) is 3.90. The lowest BCUT2D eigenvalue weighted by atomic mass is 10.1. The molecular weight excluding hydrogens is 346 g/mol. The van der Waals surface area contributed by atoms with Crippen molar-refractivity contribution in [3.63, 3.8) is 0 Å². The molecule has 27 heavy (non-hydrogen) atoms. The minimum atomic E-state index is -0.759. The minimum Gasteiger partial charge on any atom is -0.459 e. The van der Waals surface area contributed by atoms with Crippen LogP contribution in [0, 0.1) is 5.92 Å². The van der Waals surface area contributed by atoms with Gasteiger partial charge in [0, 0.05) is 25.4 Å². The first-order valence-corrected chi connectivity index (χ1v) is 8.91. The molecule has 2 rings (SSSR count). The molecule has 1 heterocycles. The van der Waals surface area contributed by atoms with Crippen molar-refractivity contribution in [3.8, 4) is 0 Å². The highest BCUT2D eigenvalue weighted by atomic mass is 16.3. The van der Waals surface area contributed by atoms with Crippen LogP contribution in [0.1, 0.15) is 30.0 Å². The van der Waals surface area contributed by atoms with E-state index in [9.17, 15) is 14.4 Å². The van der Waals surface area contributed by atoms with Crippen LogP contribution in [0.3, 0.4) is 0 Å². The van der Waals surface area contributed by atoms with Crippen molar-refractivity contribution in [2.75, 3.05) is 13.1 Å². The van der Waals surface area contributed by atoms with Crippen molar-refractivity contribution >= 4 is 17.7 Å². The van der Waals surface area contributed by atoms with E-state index in [-0.39, 0.29) is 30.0 Å². The highest BCUT2D eigenvalue weighted by Crippen LogP contribution is 2.06. The summed E-state index contributed by atoms with van der Waals surface area (Å²) in [5, 5.41) is 8.19. The molecular formula is C20H25N3O4. The Bertz CT molecular complexity index is 742. The van der Waals surface area contributed by atoms with E-state index in [0.29, 0.717) is 13.0 Å². The van der Waals surface area contributed by atoms with Crippen molar-refractivity contribution in [2.24, 2.45) is 5.92 Å². The van der Waals surface area contributed by atoms with Crippen molar-refractivity contribution in [1.29, 1.82) is 0 Å². The minimum absolute atomic E-state index is 0.0730. The van der Waals surface area contributed by atoms with Crippen molar-refractivity contribution in [2.45, 2.75) is 26.3 Å². The first-order valence-electron chi connectivity index (χ1n) is 8.91. The molecule has 1 unspecified atom stereocenters. The summed E-state index contributed by atoms with van der Waals surface area (Å²) >= 11 is 0. The van der Waals surface area contributed by atoms with Gasteiger partial charge in [-0.15, -0.1) is 0 Å². The van der Waals surface area contributed by atoms with E-state index in [4.69, 9.17) is 4.42 Å². The Morgan fingerprint density at radius 2 is 1.59 bits per heavy atom. The Balaban J connectivity index is 1.94. The molecule has 2 aromatic rings. The summed E-state index contributed by atoms with van der Waals surface area (Å²) in [4.78, 5) is 36.4. The van der Waals surface area contributed by atoms with Crippen LogP contribution in [0.15, 0.2) is 53.1 Å². The molecule has 1 aromatic heterocycles. The number of furan rings is 1.